The quantitative estimate of drug-likeness (QED) is 0.770. The predicted molar refractivity (Wildman–Crippen MR) is 72.6 cm³/mol. The van der Waals surface area contributed by atoms with E-state index in [-0.39, 0.29) is 0 Å². The molecule has 0 N–H and O–H groups in total. The van der Waals surface area contributed by atoms with Gasteiger partial charge in [-0.15, -0.1) is 0 Å². The lowest BCUT2D eigenvalue weighted by atomic mass is 10.1. The van der Waals surface area contributed by atoms with Gasteiger partial charge in [-0.25, -0.2) is 0 Å². The second-order valence-electron chi connectivity index (χ2n) is 5.33. The van der Waals surface area contributed by atoms with Gasteiger partial charge in [0.05, 0.1) is 0 Å². The van der Waals surface area contributed by atoms with Crippen LogP contribution in [0.4, 0.5) is 5.69 Å². The number of hydrogen-bond acceptors (Lipinski definition) is 2. The Morgan fingerprint density at radius 1 is 1.24 bits per heavy atom. The van der Waals surface area contributed by atoms with Crippen molar-refractivity contribution in [2.45, 2.75) is 32.2 Å². The normalized spacial score (nSPS) is 24.3. The summed E-state index contributed by atoms with van der Waals surface area (Å²) in [7, 11) is 0. The average Bonchev–Trinajstić information content (AvgIpc) is 2.55. The first-order valence-corrected chi connectivity index (χ1v) is 6.95. The van der Waals surface area contributed by atoms with Gasteiger partial charge in [-0.2, -0.15) is 0 Å². The van der Waals surface area contributed by atoms with E-state index in [1.807, 2.05) is 0 Å². The van der Waals surface area contributed by atoms with Crippen molar-refractivity contribution < 1.29 is 0 Å². The van der Waals surface area contributed by atoms with Crippen LogP contribution in [0.5, 0.6) is 0 Å². The molecule has 0 saturated carbocycles. The van der Waals surface area contributed by atoms with Gasteiger partial charge in [-0.1, -0.05) is 25.1 Å². The second-order valence-corrected chi connectivity index (χ2v) is 5.33. The van der Waals surface area contributed by atoms with Crippen LogP contribution < -0.4 is 4.90 Å². The fourth-order valence-corrected chi connectivity index (χ4v) is 3.36. The standard InChI is InChI=1S/C15H22N2/c1-2-8-16-9-5-10-17-14(12-16)11-13-6-3-4-7-15(13)17/h3-4,6-7,14H,2,5,8-12H2,1H3. The highest BCUT2D eigenvalue weighted by Gasteiger charge is 2.31. The third-order valence-corrected chi connectivity index (χ3v) is 4.08. The second kappa shape index (κ2) is 4.69. The highest BCUT2D eigenvalue weighted by molar-refractivity contribution is 5.59. The predicted octanol–water partition coefficient (Wildman–Crippen LogP) is 2.53. The zero-order valence-electron chi connectivity index (χ0n) is 10.7. The highest BCUT2D eigenvalue weighted by atomic mass is 15.3. The summed E-state index contributed by atoms with van der Waals surface area (Å²) in [5, 5.41) is 0. The number of anilines is 1. The largest absolute Gasteiger partial charge is 0.367 e. The summed E-state index contributed by atoms with van der Waals surface area (Å²) < 4.78 is 0. The van der Waals surface area contributed by atoms with Crippen molar-refractivity contribution in [3.8, 4) is 0 Å². The molecule has 0 radical (unpaired) electrons. The third kappa shape index (κ3) is 2.06. The summed E-state index contributed by atoms with van der Waals surface area (Å²) in [6.45, 7) is 7.32. The summed E-state index contributed by atoms with van der Waals surface area (Å²) in [5.41, 5.74) is 3.05. The summed E-state index contributed by atoms with van der Waals surface area (Å²) in [6, 6.07) is 9.67. The lowest BCUT2D eigenvalue weighted by Crippen LogP contribution is -2.39. The Morgan fingerprint density at radius 2 is 2.12 bits per heavy atom. The van der Waals surface area contributed by atoms with Gasteiger partial charge < -0.3 is 9.80 Å². The zero-order valence-corrected chi connectivity index (χ0v) is 10.7. The summed E-state index contributed by atoms with van der Waals surface area (Å²) in [4.78, 5) is 5.29. The number of nitrogens with zero attached hydrogens (tertiary/aromatic N) is 2. The first-order valence-electron chi connectivity index (χ1n) is 6.95. The monoisotopic (exact) mass is 230 g/mol. The molecule has 0 amide bonds. The van der Waals surface area contributed by atoms with Crippen LogP contribution in [-0.4, -0.2) is 37.1 Å². The molecule has 1 atom stereocenters. The molecule has 0 aromatic heterocycles. The maximum Gasteiger partial charge on any atom is 0.0458 e. The fraction of sp³-hybridized carbons (Fsp3) is 0.600. The van der Waals surface area contributed by atoms with Crippen LogP contribution in [0.25, 0.3) is 0 Å². The van der Waals surface area contributed by atoms with Gasteiger partial charge >= 0.3 is 0 Å². The van der Waals surface area contributed by atoms with Crippen LogP contribution in [0.2, 0.25) is 0 Å². The molecule has 1 aromatic carbocycles. The Balaban J connectivity index is 1.80. The molecule has 1 saturated heterocycles. The number of para-hydroxylation sites is 1. The number of fused-ring (bicyclic) bond motifs is 3. The lowest BCUT2D eigenvalue weighted by Gasteiger charge is -2.27. The number of rotatable bonds is 2. The highest BCUT2D eigenvalue weighted by Crippen LogP contribution is 2.33. The molecule has 3 rings (SSSR count). The summed E-state index contributed by atoms with van der Waals surface area (Å²) in [5.74, 6) is 0. The molecule has 17 heavy (non-hydrogen) atoms. The molecule has 92 valence electrons. The van der Waals surface area contributed by atoms with Crippen LogP contribution in [0, 0.1) is 0 Å². The number of hydrogen-bond donors (Lipinski definition) is 0. The van der Waals surface area contributed by atoms with E-state index in [2.05, 4.69) is 41.0 Å². The van der Waals surface area contributed by atoms with Gasteiger partial charge in [0.15, 0.2) is 0 Å². The molecule has 2 aliphatic rings. The van der Waals surface area contributed by atoms with Crippen molar-refractivity contribution in [1.82, 2.24) is 4.90 Å². The molecule has 2 heteroatoms. The molecule has 2 heterocycles. The molecule has 0 aliphatic carbocycles. The number of benzene rings is 1. The zero-order chi connectivity index (χ0) is 11.7. The van der Waals surface area contributed by atoms with E-state index in [4.69, 9.17) is 0 Å². The van der Waals surface area contributed by atoms with Crippen molar-refractivity contribution in [3.05, 3.63) is 29.8 Å². The molecule has 0 bridgehead atoms. The minimum atomic E-state index is 0.724. The smallest absolute Gasteiger partial charge is 0.0458 e. The van der Waals surface area contributed by atoms with E-state index in [0.29, 0.717) is 0 Å². The van der Waals surface area contributed by atoms with Crippen LogP contribution in [0.15, 0.2) is 24.3 Å². The van der Waals surface area contributed by atoms with Crippen LogP contribution in [-0.2, 0) is 6.42 Å². The maximum atomic E-state index is 2.65. The molecular formula is C15H22N2. The third-order valence-electron chi connectivity index (χ3n) is 4.08. The Morgan fingerprint density at radius 3 is 3.00 bits per heavy atom. The maximum absolute atomic E-state index is 2.65. The van der Waals surface area contributed by atoms with E-state index in [1.165, 1.54) is 51.1 Å². The van der Waals surface area contributed by atoms with Gasteiger partial charge in [0.1, 0.15) is 0 Å². The Kier molecular flexibility index (Phi) is 3.06. The first kappa shape index (κ1) is 11.1. The van der Waals surface area contributed by atoms with Gasteiger partial charge in [0.25, 0.3) is 0 Å². The van der Waals surface area contributed by atoms with Gasteiger partial charge in [0, 0.05) is 24.8 Å². The van der Waals surface area contributed by atoms with E-state index in [1.54, 1.807) is 5.56 Å². The van der Waals surface area contributed by atoms with E-state index in [0.717, 1.165) is 6.04 Å². The minimum absolute atomic E-state index is 0.724. The molecule has 0 spiro atoms. The summed E-state index contributed by atoms with van der Waals surface area (Å²) in [6.07, 6.45) is 3.83. The molecule has 2 nitrogen and oxygen atoms in total. The van der Waals surface area contributed by atoms with E-state index in [9.17, 15) is 0 Å². The molecule has 1 unspecified atom stereocenters. The first-order chi connectivity index (χ1) is 8.38. The fourth-order valence-electron chi connectivity index (χ4n) is 3.36. The molecule has 1 fully saturated rings. The Labute approximate surface area is 104 Å². The van der Waals surface area contributed by atoms with Crippen LogP contribution in [0.1, 0.15) is 25.3 Å². The Bertz CT molecular complexity index is 388. The van der Waals surface area contributed by atoms with Gasteiger partial charge in [0.2, 0.25) is 0 Å². The Hall–Kier alpha value is -1.02. The average molecular weight is 230 g/mol. The van der Waals surface area contributed by atoms with Crippen molar-refractivity contribution >= 4 is 5.69 Å². The van der Waals surface area contributed by atoms with E-state index >= 15 is 0 Å². The topological polar surface area (TPSA) is 6.48 Å². The van der Waals surface area contributed by atoms with Crippen molar-refractivity contribution in [1.29, 1.82) is 0 Å². The van der Waals surface area contributed by atoms with Crippen molar-refractivity contribution in [2.75, 3.05) is 31.1 Å². The SMILES string of the molecule is CCCN1CCCN2c3ccccc3CC2C1. The van der Waals surface area contributed by atoms with Crippen molar-refractivity contribution in [2.24, 2.45) is 0 Å². The van der Waals surface area contributed by atoms with Gasteiger partial charge in [-0.05, 0) is 44.0 Å². The minimum Gasteiger partial charge on any atom is -0.367 e. The van der Waals surface area contributed by atoms with Crippen LogP contribution >= 0.6 is 0 Å². The van der Waals surface area contributed by atoms with Gasteiger partial charge in [-0.3, -0.25) is 0 Å². The molecular weight excluding hydrogens is 208 g/mol. The lowest BCUT2D eigenvalue weighted by molar-refractivity contribution is 0.274. The molecule has 1 aromatic rings. The van der Waals surface area contributed by atoms with E-state index < -0.39 is 0 Å². The van der Waals surface area contributed by atoms with Crippen molar-refractivity contribution in [3.63, 3.8) is 0 Å². The molecule has 2 aliphatic heterocycles. The summed E-state index contributed by atoms with van der Waals surface area (Å²) >= 11 is 0. The van der Waals surface area contributed by atoms with Crippen LogP contribution in [0.3, 0.4) is 0 Å².